The fraction of sp³-hybridized carbons (Fsp3) is 0.207. The Labute approximate surface area is 230 Å². The fourth-order valence-corrected chi connectivity index (χ4v) is 6.95. The lowest BCUT2D eigenvalue weighted by Gasteiger charge is -2.33. The van der Waals surface area contributed by atoms with Gasteiger partial charge in [-0.25, -0.2) is 17.8 Å². The third-order valence-electron chi connectivity index (χ3n) is 6.74. The van der Waals surface area contributed by atoms with E-state index in [9.17, 15) is 22.4 Å². The molecule has 1 aliphatic heterocycles. The van der Waals surface area contributed by atoms with Crippen molar-refractivity contribution in [1.29, 1.82) is 0 Å². The summed E-state index contributed by atoms with van der Waals surface area (Å²) in [4.78, 5) is 32.0. The lowest BCUT2D eigenvalue weighted by molar-refractivity contribution is -0.122. The van der Waals surface area contributed by atoms with Gasteiger partial charge in [-0.2, -0.15) is 4.31 Å². The third-order valence-corrected chi connectivity index (χ3v) is 9.46. The van der Waals surface area contributed by atoms with Crippen LogP contribution in [0.15, 0.2) is 89.1 Å². The van der Waals surface area contributed by atoms with Gasteiger partial charge in [0.05, 0.1) is 16.3 Å². The number of para-hydroxylation sites is 1. The molecule has 0 bridgehead atoms. The van der Waals surface area contributed by atoms with E-state index < -0.39 is 15.9 Å². The minimum absolute atomic E-state index is 0.0713. The monoisotopic (exact) mass is 563 g/mol. The summed E-state index contributed by atoms with van der Waals surface area (Å²) in [6.07, 6.45) is 0.702. The number of rotatable bonds is 7. The Balaban J connectivity index is 1.36. The van der Waals surface area contributed by atoms with E-state index in [2.05, 4.69) is 4.98 Å². The van der Waals surface area contributed by atoms with E-state index in [1.165, 1.54) is 46.8 Å². The van der Waals surface area contributed by atoms with E-state index in [4.69, 9.17) is 0 Å². The second-order valence-electron chi connectivity index (χ2n) is 9.29. The number of ketones is 1. The Hall–Kier alpha value is -3.73. The van der Waals surface area contributed by atoms with Gasteiger partial charge in [-0.1, -0.05) is 30.3 Å². The number of carbonyl (C=O) groups is 2. The molecule has 0 aliphatic carbocycles. The zero-order valence-corrected chi connectivity index (χ0v) is 22.8. The Morgan fingerprint density at radius 1 is 0.974 bits per heavy atom. The van der Waals surface area contributed by atoms with Crippen LogP contribution < -0.4 is 4.90 Å². The molecule has 0 saturated carbocycles. The average Bonchev–Trinajstić information content (AvgIpc) is 3.44. The number of halogens is 1. The molecule has 1 fully saturated rings. The predicted octanol–water partition coefficient (Wildman–Crippen LogP) is 5.92. The first-order chi connectivity index (χ1) is 18.7. The van der Waals surface area contributed by atoms with Gasteiger partial charge in [-0.05, 0) is 68.3 Å². The second kappa shape index (κ2) is 11.2. The van der Waals surface area contributed by atoms with Crippen molar-refractivity contribution >= 4 is 43.9 Å². The Morgan fingerprint density at radius 2 is 1.67 bits per heavy atom. The summed E-state index contributed by atoms with van der Waals surface area (Å²) in [6, 6.07) is 21.3. The largest absolute Gasteiger partial charge is 0.295 e. The second-order valence-corrected chi connectivity index (χ2v) is 12.1. The zero-order chi connectivity index (χ0) is 27.6. The highest BCUT2D eigenvalue weighted by molar-refractivity contribution is 7.89. The smallest absolute Gasteiger partial charge is 0.243 e. The number of nitrogens with zero attached hydrogens (tertiary/aromatic N) is 3. The van der Waals surface area contributed by atoms with Crippen molar-refractivity contribution in [1.82, 2.24) is 9.29 Å². The van der Waals surface area contributed by atoms with E-state index in [1.807, 2.05) is 35.7 Å². The van der Waals surface area contributed by atoms with E-state index in [1.54, 1.807) is 29.2 Å². The van der Waals surface area contributed by atoms with Crippen LogP contribution in [0.2, 0.25) is 0 Å². The molecule has 2 heterocycles. The minimum atomic E-state index is -3.80. The van der Waals surface area contributed by atoms with Gasteiger partial charge in [0.1, 0.15) is 5.82 Å². The molecule has 7 nitrogen and oxygen atoms in total. The first-order valence-electron chi connectivity index (χ1n) is 12.5. The molecule has 1 amide bonds. The van der Waals surface area contributed by atoms with Gasteiger partial charge >= 0.3 is 0 Å². The molecule has 0 spiro atoms. The highest BCUT2D eigenvalue weighted by Gasteiger charge is 2.35. The number of amides is 1. The van der Waals surface area contributed by atoms with Crippen LogP contribution in [0.1, 0.15) is 30.1 Å². The summed E-state index contributed by atoms with van der Waals surface area (Å²) in [6.45, 7) is 1.77. The fourth-order valence-electron chi connectivity index (χ4n) is 4.58. The number of sulfonamides is 1. The maximum atomic E-state index is 13.9. The normalized spacial score (nSPS) is 14.7. The summed E-state index contributed by atoms with van der Waals surface area (Å²) in [5.74, 6) is -1.10. The van der Waals surface area contributed by atoms with Gasteiger partial charge in [-0.3, -0.25) is 14.5 Å². The highest BCUT2D eigenvalue weighted by Crippen LogP contribution is 2.35. The molecule has 0 unspecified atom stereocenters. The van der Waals surface area contributed by atoms with Crippen molar-refractivity contribution in [2.24, 2.45) is 5.92 Å². The van der Waals surface area contributed by atoms with Crippen molar-refractivity contribution in [3.63, 3.8) is 0 Å². The minimum Gasteiger partial charge on any atom is -0.295 e. The molecule has 1 aliphatic rings. The molecule has 0 N–H and O–H groups in total. The molecule has 10 heteroatoms. The van der Waals surface area contributed by atoms with E-state index >= 15 is 0 Å². The molecule has 3 aromatic carbocycles. The Morgan fingerprint density at radius 3 is 2.33 bits per heavy atom. The van der Waals surface area contributed by atoms with Crippen LogP contribution in [0.3, 0.4) is 0 Å². The number of Topliss-reactive ketones (excluding diaryl/α,β-unsaturated/α-hetero) is 1. The van der Waals surface area contributed by atoms with Crippen molar-refractivity contribution in [3.8, 4) is 11.3 Å². The van der Waals surface area contributed by atoms with Gasteiger partial charge in [0.15, 0.2) is 10.9 Å². The molecule has 5 rings (SSSR count). The van der Waals surface area contributed by atoms with Crippen LogP contribution in [0.25, 0.3) is 11.3 Å². The van der Waals surface area contributed by atoms with Crippen LogP contribution >= 0.6 is 11.3 Å². The molecule has 1 aromatic heterocycles. The lowest BCUT2D eigenvalue weighted by Crippen LogP contribution is -2.43. The number of hydrogen-bond acceptors (Lipinski definition) is 6. The Bertz CT molecular complexity index is 1600. The molecular formula is C29H26FN3O4S2. The van der Waals surface area contributed by atoms with Gasteiger partial charge < -0.3 is 0 Å². The number of benzene rings is 3. The summed E-state index contributed by atoms with van der Waals surface area (Å²) >= 11 is 1.32. The van der Waals surface area contributed by atoms with Gasteiger partial charge in [0.2, 0.25) is 15.9 Å². The van der Waals surface area contributed by atoms with Crippen molar-refractivity contribution in [2.45, 2.75) is 24.7 Å². The number of hydrogen-bond donors (Lipinski definition) is 0. The number of anilines is 2. The third kappa shape index (κ3) is 5.68. The summed E-state index contributed by atoms with van der Waals surface area (Å²) < 4.78 is 41.3. The van der Waals surface area contributed by atoms with Crippen LogP contribution in [-0.4, -0.2) is 42.5 Å². The van der Waals surface area contributed by atoms with Crippen molar-refractivity contribution < 1.29 is 22.4 Å². The molecule has 200 valence electrons. The molecular weight excluding hydrogens is 537 g/mol. The maximum absolute atomic E-state index is 13.9. The molecule has 0 atom stereocenters. The number of piperidine rings is 1. The highest BCUT2D eigenvalue weighted by atomic mass is 32.2. The van der Waals surface area contributed by atoms with Crippen LogP contribution in [0, 0.1) is 11.7 Å². The summed E-state index contributed by atoms with van der Waals surface area (Å²) in [5, 5.41) is 2.32. The van der Waals surface area contributed by atoms with Gasteiger partial charge in [-0.15, -0.1) is 11.3 Å². The first-order valence-corrected chi connectivity index (χ1v) is 14.8. The Kier molecular flexibility index (Phi) is 7.69. The van der Waals surface area contributed by atoms with Crippen LogP contribution in [0.4, 0.5) is 15.2 Å². The zero-order valence-electron chi connectivity index (χ0n) is 21.2. The lowest BCUT2D eigenvalue weighted by atomic mass is 9.96. The van der Waals surface area contributed by atoms with Crippen LogP contribution in [0.5, 0.6) is 0 Å². The van der Waals surface area contributed by atoms with Crippen molar-refractivity contribution in [2.75, 3.05) is 18.0 Å². The molecule has 0 radical (unpaired) electrons. The van der Waals surface area contributed by atoms with Gasteiger partial charge in [0, 0.05) is 35.5 Å². The van der Waals surface area contributed by atoms with Gasteiger partial charge in [0.25, 0.3) is 0 Å². The quantitative estimate of drug-likeness (QED) is 0.261. The summed E-state index contributed by atoms with van der Waals surface area (Å²) in [7, 11) is -3.80. The van der Waals surface area contributed by atoms with Crippen LogP contribution in [-0.2, 0) is 14.8 Å². The maximum Gasteiger partial charge on any atom is 0.243 e. The topological polar surface area (TPSA) is 87.7 Å². The standard InChI is InChI=1S/C29H26FN3O4S2/c1-20(34)23-6-5-9-26(18-23)39(36,37)32-16-14-22(15-17-32)28(35)33(25-7-3-2-4-8-25)29-31-27(19-38-29)21-10-12-24(30)13-11-21/h2-13,18-19,22H,14-17H2,1H3. The SMILES string of the molecule is CC(=O)c1cccc(S(=O)(=O)N2CCC(C(=O)N(c3ccccc3)c3nc(-c4ccc(F)cc4)cs3)CC2)c1. The molecule has 1 saturated heterocycles. The number of aromatic nitrogens is 1. The predicted molar refractivity (Wildman–Crippen MR) is 149 cm³/mol. The van der Waals surface area contributed by atoms with E-state index in [0.29, 0.717) is 34.9 Å². The average molecular weight is 564 g/mol. The molecule has 4 aromatic rings. The number of carbonyl (C=O) groups excluding carboxylic acids is 2. The van der Waals surface area contributed by atoms with E-state index in [0.717, 1.165) is 5.56 Å². The summed E-state index contributed by atoms with van der Waals surface area (Å²) in [5.41, 5.74) is 2.38. The first kappa shape index (κ1) is 26.9. The van der Waals surface area contributed by atoms with Crippen molar-refractivity contribution in [3.05, 3.63) is 95.6 Å². The number of thiazole rings is 1. The van der Waals surface area contributed by atoms with E-state index in [-0.39, 0.29) is 35.5 Å². The molecule has 39 heavy (non-hydrogen) atoms.